The Kier molecular flexibility index (Phi) is 3.70. The molecule has 112 valence electrons. The Morgan fingerprint density at radius 3 is 2.52 bits per heavy atom. The molecule has 0 radical (unpaired) electrons. The molecule has 1 aromatic heterocycles. The average Bonchev–Trinajstić information content (AvgIpc) is 2.86. The summed E-state index contributed by atoms with van der Waals surface area (Å²) in [5.74, 6) is 1.62. The van der Waals surface area contributed by atoms with Gasteiger partial charge in [-0.05, 0) is 48.6 Å². The monoisotopic (exact) mass is 304 g/mol. The molecule has 4 heteroatoms. The molecular formula is C17H21ClN2O. The Labute approximate surface area is 130 Å². The molecule has 1 aromatic carbocycles. The van der Waals surface area contributed by atoms with Crippen LogP contribution < -0.4 is 5.73 Å². The quantitative estimate of drug-likeness (QED) is 0.823. The highest BCUT2D eigenvalue weighted by Gasteiger charge is 2.28. The fraction of sp³-hybridized carbons (Fsp3) is 0.471. The van der Waals surface area contributed by atoms with Crippen LogP contribution in [-0.2, 0) is 0 Å². The molecule has 0 aliphatic heterocycles. The summed E-state index contributed by atoms with van der Waals surface area (Å²) < 4.78 is 5.18. The van der Waals surface area contributed by atoms with Gasteiger partial charge in [-0.25, -0.2) is 0 Å². The Morgan fingerprint density at radius 2 is 1.95 bits per heavy atom. The Hall–Kier alpha value is -1.48. The van der Waals surface area contributed by atoms with E-state index in [1.54, 1.807) is 6.07 Å². The van der Waals surface area contributed by atoms with E-state index in [4.69, 9.17) is 21.9 Å². The largest absolute Gasteiger partial charge is 0.381 e. The first-order valence-electron chi connectivity index (χ1n) is 7.47. The van der Waals surface area contributed by atoms with Crippen molar-refractivity contribution in [1.82, 2.24) is 5.16 Å². The number of anilines is 1. The van der Waals surface area contributed by atoms with E-state index < -0.39 is 0 Å². The van der Waals surface area contributed by atoms with Crippen LogP contribution in [0.1, 0.15) is 51.0 Å². The van der Waals surface area contributed by atoms with Gasteiger partial charge in [-0.1, -0.05) is 42.7 Å². The summed E-state index contributed by atoms with van der Waals surface area (Å²) in [4.78, 5) is 0. The molecule has 0 bridgehead atoms. The van der Waals surface area contributed by atoms with E-state index in [0.29, 0.717) is 22.9 Å². The van der Waals surface area contributed by atoms with Crippen molar-refractivity contribution >= 4 is 17.4 Å². The summed E-state index contributed by atoms with van der Waals surface area (Å²) >= 11 is 6.50. The minimum Gasteiger partial charge on any atom is -0.381 e. The summed E-state index contributed by atoms with van der Waals surface area (Å²) in [6.07, 6.45) is 4.94. The van der Waals surface area contributed by atoms with Gasteiger partial charge in [0.2, 0.25) is 0 Å². The zero-order chi connectivity index (χ0) is 15.0. The lowest BCUT2D eigenvalue weighted by atomic mass is 9.71. The van der Waals surface area contributed by atoms with E-state index >= 15 is 0 Å². The van der Waals surface area contributed by atoms with Crippen LogP contribution in [0.5, 0.6) is 0 Å². The summed E-state index contributed by atoms with van der Waals surface area (Å²) in [5, 5.41) is 4.52. The lowest BCUT2D eigenvalue weighted by molar-refractivity contribution is 0.224. The third-order valence-corrected chi connectivity index (χ3v) is 4.92. The summed E-state index contributed by atoms with van der Waals surface area (Å²) in [7, 11) is 0. The molecule has 1 saturated carbocycles. The molecule has 0 unspecified atom stereocenters. The predicted molar refractivity (Wildman–Crippen MR) is 86.4 cm³/mol. The van der Waals surface area contributed by atoms with Gasteiger partial charge in [-0.15, -0.1) is 0 Å². The molecule has 3 nitrogen and oxygen atoms in total. The number of hydrogen-bond acceptors (Lipinski definition) is 3. The van der Waals surface area contributed by atoms with Crippen molar-refractivity contribution in [2.45, 2.75) is 45.4 Å². The topological polar surface area (TPSA) is 52.0 Å². The first kappa shape index (κ1) is 14.5. The summed E-state index contributed by atoms with van der Waals surface area (Å²) in [6.45, 7) is 4.70. The number of rotatable bonds is 2. The highest BCUT2D eigenvalue weighted by Crippen LogP contribution is 2.44. The van der Waals surface area contributed by atoms with Crippen molar-refractivity contribution in [3.05, 3.63) is 34.9 Å². The molecule has 1 aliphatic rings. The van der Waals surface area contributed by atoms with E-state index in [-0.39, 0.29) is 0 Å². The van der Waals surface area contributed by atoms with Gasteiger partial charge in [-0.3, -0.25) is 0 Å². The second kappa shape index (κ2) is 5.38. The molecule has 3 rings (SSSR count). The smallest absolute Gasteiger partial charge is 0.169 e. The van der Waals surface area contributed by atoms with Crippen LogP contribution in [0.15, 0.2) is 28.8 Å². The summed E-state index contributed by atoms with van der Waals surface area (Å²) in [5.41, 5.74) is 8.23. The van der Waals surface area contributed by atoms with Gasteiger partial charge in [0.05, 0.1) is 0 Å². The normalized spacial score (nSPS) is 18.8. The van der Waals surface area contributed by atoms with Crippen molar-refractivity contribution in [3.8, 4) is 11.3 Å². The second-order valence-electron chi connectivity index (χ2n) is 6.79. The van der Waals surface area contributed by atoms with Gasteiger partial charge >= 0.3 is 0 Å². The number of halogens is 1. The van der Waals surface area contributed by atoms with Crippen molar-refractivity contribution in [2.75, 3.05) is 5.73 Å². The molecule has 0 spiro atoms. The van der Waals surface area contributed by atoms with Crippen LogP contribution in [0.4, 0.5) is 5.82 Å². The van der Waals surface area contributed by atoms with Gasteiger partial charge in [0.15, 0.2) is 11.6 Å². The average molecular weight is 305 g/mol. The van der Waals surface area contributed by atoms with Gasteiger partial charge in [0, 0.05) is 16.7 Å². The summed E-state index contributed by atoms with van der Waals surface area (Å²) in [6, 6.07) is 7.84. The zero-order valence-electron chi connectivity index (χ0n) is 12.5. The maximum absolute atomic E-state index is 6.50. The van der Waals surface area contributed by atoms with Crippen molar-refractivity contribution in [2.24, 2.45) is 5.41 Å². The lowest BCUT2D eigenvalue weighted by Gasteiger charge is -2.34. The molecule has 0 atom stereocenters. The van der Waals surface area contributed by atoms with Gasteiger partial charge < -0.3 is 10.3 Å². The molecule has 1 heterocycles. The number of nitrogen functional groups attached to an aromatic ring is 1. The maximum atomic E-state index is 6.50. The number of nitrogens with zero attached hydrogens (tertiary/aromatic N) is 1. The molecular weight excluding hydrogens is 284 g/mol. The maximum Gasteiger partial charge on any atom is 0.169 e. The standard InChI is InChI=1S/C17H21ClN2O/c1-17(2)7-5-11(6-8-17)13-4-3-12(9-14(13)18)15-10-16(19)20-21-15/h3-4,9-11H,5-8H2,1-2H3,(H2,19,20). The highest BCUT2D eigenvalue weighted by atomic mass is 35.5. The molecule has 1 aliphatic carbocycles. The fourth-order valence-electron chi connectivity index (χ4n) is 3.15. The molecule has 0 saturated heterocycles. The van der Waals surface area contributed by atoms with Crippen LogP contribution in [-0.4, -0.2) is 5.16 Å². The number of benzene rings is 1. The lowest BCUT2D eigenvalue weighted by Crippen LogP contribution is -2.20. The minimum atomic E-state index is 0.389. The van der Waals surface area contributed by atoms with E-state index in [9.17, 15) is 0 Å². The number of hydrogen-bond donors (Lipinski definition) is 1. The first-order chi connectivity index (χ1) is 9.94. The van der Waals surface area contributed by atoms with Gasteiger partial charge in [-0.2, -0.15) is 0 Å². The molecule has 2 aromatic rings. The third-order valence-electron chi connectivity index (χ3n) is 4.59. The van der Waals surface area contributed by atoms with Crippen LogP contribution in [0.25, 0.3) is 11.3 Å². The molecule has 0 amide bonds. The molecule has 2 N–H and O–H groups in total. The van der Waals surface area contributed by atoms with Gasteiger partial charge in [0.1, 0.15) is 0 Å². The van der Waals surface area contributed by atoms with Crippen LogP contribution in [0.3, 0.4) is 0 Å². The molecule has 21 heavy (non-hydrogen) atoms. The number of nitrogens with two attached hydrogens (primary N) is 1. The van der Waals surface area contributed by atoms with Crippen LogP contribution in [0.2, 0.25) is 5.02 Å². The third kappa shape index (κ3) is 3.08. The van der Waals surface area contributed by atoms with Crippen molar-refractivity contribution < 1.29 is 4.52 Å². The molecule has 1 fully saturated rings. The second-order valence-corrected chi connectivity index (χ2v) is 7.20. The SMILES string of the molecule is CC1(C)CCC(c2ccc(-c3cc(N)no3)cc2Cl)CC1. The van der Waals surface area contributed by atoms with Crippen molar-refractivity contribution in [3.63, 3.8) is 0 Å². The fourth-order valence-corrected chi connectivity index (χ4v) is 3.48. The minimum absolute atomic E-state index is 0.389. The van der Waals surface area contributed by atoms with E-state index in [0.717, 1.165) is 10.6 Å². The van der Waals surface area contributed by atoms with E-state index in [1.165, 1.54) is 31.2 Å². The predicted octanol–water partition coefficient (Wildman–Crippen LogP) is 5.26. The van der Waals surface area contributed by atoms with Crippen LogP contribution in [0, 0.1) is 5.41 Å². The van der Waals surface area contributed by atoms with Crippen molar-refractivity contribution in [1.29, 1.82) is 0 Å². The highest BCUT2D eigenvalue weighted by molar-refractivity contribution is 6.31. The Morgan fingerprint density at radius 1 is 1.24 bits per heavy atom. The van der Waals surface area contributed by atoms with E-state index in [1.807, 2.05) is 12.1 Å². The number of aromatic nitrogens is 1. The first-order valence-corrected chi connectivity index (χ1v) is 7.84. The Bertz CT molecular complexity index is 638. The zero-order valence-corrected chi connectivity index (χ0v) is 13.3. The van der Waals surface area contributed by atoms with Gasteiger partial charge in [0.25, 0.3) is 0 Å². The Balaban J connectivity index is 1.82. The van der Waals surface area contributed by atoms with E-state index in [2.05, 4.69) is 25.1 Å². The van der Waals surface area contributed by atoms with Crippen LogP contribution >= 0.6 is 11.6 Å².